The maximum absolute atomic E-state index is 12.1. The fourth-order valence-electron chi connectivity index (χ4n) is 2.36. The Morgan fingerprint density at radius 3 is 2.52 bits per heavy atom. The summed E-state index contributed by atoms with van der Waals surface area (Å²) < 4.78 is 41.2. The zero-order chi connectivity index (χ0) is 14.9. The zero-order valence-electron chi connectivity index (χ0n) is 11.2. The van der Waals surface area contributed by atoms with Gasteiger partial charge >= 0.3 is 6.18 Å². The van der Waals surface area contributed by atoms with E-state index in [9.17, 15) is 13.2 Å². The Bertz CT molecular complexity index is 605. The minimum Gasteiger partial charge on any atom is -0.338 e. The summed E-state index contributed by atoms with van der Waals surface area (Å²) in [6, 6.07) is 9.83. The van der Waals surface area contributed by atoms with Crippen molar-refractivity contribution in [3.8, 4) is 0 Å². The minimum atomic E-state index is -4.25. The van der Waals surface area contributed by atoms with Gasteiger partial charge in [-0.3, -0.25) is 0 Å². The molecule has 1 heterocycles. The fraction of sp³-hybridized carbons (Fsp3) is 0.429. The second-order valence-electron chi connectivity index (χ2n) is 5.18. The average molecular weight is 297 g/mol. The largest absolute Gasteiger partial charge is 0.401 e. The molecule has 0 bridgehead atoms. The van der Waals surface area contributed by atoms with E-state index in [0.29, 0.717) is 5.82 Å². The number of nitrogens with one attached hydrogen (secondary N) is 1. The number of nitrogens with zero attached hydrogens (tertiary/aromatic N) is 2. The van der Waals surface area contributed by atoms with E-state index < -0.39 is 12.7 Å². The van der Waals surface area contributed by atoms with E-state index in [-0.39, 0.29) is 17.9 Å². The Kier molecular flexibility index (Phi) is 3.44. The van der Waals surface area contributed by atoms with Crippen molar-refractivity contribution in [2.24, 2.45) is 0 Å². The van der Waals surface area contributed by atoms with Crippen molar-refractivity contribution >= 4 is 0 Å². The number of hydrogen-bond acceptors (Lipinski definition) is 4. The fourth-order valence-corrected chi connectivity index (χ4v) is 2.36. The molecule has 1 aliphatic rings. The van der Waals surface area contributed by atoms with Crippen LogP contribution in [0, 0.1) is 0 Å². The van der Waals surface area contributed by atoms with Crippen LogP contribution in [0.1, 0.15) is 30.1 Å². The SMILES string of the molecule is FC(F)(F)CNCc1nc(C2(c3ccccc3)CC2)no1. The van der Waals surface area contributed by atoms with Crippen LogP contribution in [0.2, 0.25) is 0 Å². The van der Waals surface area contributed by atoms with E-state index >= 15 is 0 Å². The maximum atomic E-state index is 12.1. The molecule has 112 valence electrons. The van der Waals surface area contributed by atoms with Crippen molar-refractivity contribution in [1.82, 2.24) is 15.5 Å². The Morgan fingerprint density at radius 2 is 1.90 bits per heavy atom. The summed E-state index contributed by atoms with van der Waals surface area (Å²) in [7, 11) is 0. The van der Waals surface area contributed by atoms with Gasteiger partial charge < -0.3 is 9.84 Å². The molecule has 0 saturated heterocycles. The Hall–Kier alpha value is -1.89. The van der Waals surface area contributed by atoms with Gasteiger partial charge in [0.25, 0.3) is 0 Å². The van der Waals surface area contributed by atoms with E-state index in [1.807, 2.05) is 30.3 Å². The lowest BCUT2D eigenvalue weighted by Gasteiger charge is -2.10. The molecule has 3 rings (SSSR count). The van der Waals surface area contributed by atoms with Crippen molar-refractivity contribution in [2.45, 2.75) is 31.0 Å². The summed E-state index contributed by atoms with van der Waals surface area (Å²) in [5.41, 5.74) is 0.883. The molecule has 1 aromatic heterocycles. The lowest BCUT2D eigenvalue weighted by atomic mass is 9.95. The highest BCUT2D eigenvalue weighted by atomic mass is 19.4. The molecule has 0 radical (unpaired) electrons. The molecule has 0 atom stereocenters. The Morgan fingerprint density at radius 1 is 1.19 bits per heavy atom. The number of benzene rings is 1. The lowest BCUT2D eigenvalue weighted by molar-refractivity contribution is -0.125. The van der Waals surface area contributed by atoms with Crippen LogP contribution in [0.5, 0.6) is 0 Å². The number of aromatic nitrogens is 2. The summed E-state index contributed by atoms with van der Waals surface area (Å²) >= 11 is 0. The normalized spacial score (nSPS) is 16.9. The molecule has 7 heteroatoms. The molecule has 1 saturated carbocycles. The van der Waals surface area contributed by atoms with Gasteiger partial charge in [0.15, 0.2) is 5.82 Å². The molecule has 0 aliphatic heterocycles. The summed E-state index contributed by atoms with van der Waals surface area (Å²) in [4.78, 5) is 4.23. The minimum absolute atomic E-state index is 0.0859. The van der Waals surface area contributed by atoms with E-state index in [4.69, 9.17) is 4.52 Å². The van der Waals surface area contributed by atoms with Crippen LogP contribution in [0.15, 0.2) is 34.9 Å². The van der Waals surface area contributed by atoms with Crippen molar-refractivity contribution in [2.75, 3.05) is 6.54 Å². The van der Waals surface area contributed by atoms with E-state index in [1.54, 1.807) is 0 Å². The zero-order valence-corrected chi connectivity index (χ0v) is 11.2. The quantitative estimate of drug-likeness (QED) is 0.922. The van der Waals surface area contributed by atoms with Crippen molar-refractivity contribution in [3.05, 3.63) is 47.6 Å². The molecular weight excluding hydrogens is 283 g/mol. The van der Waals surface area contributed by atoms with Crippen molar-refractivity contribution in [3.63, 3.8) is 0 Å². The summed E-state index contributed by atoms with van der Waals surface area (Å²) in [6.45, 7) is -1.16. The molecule has 1 fully saturated rings. The molecule has 1 aromatic carbocycles. The number of hydrogen-bond donors (Lipinski definition) is 1. The third kappa shape index (κ3) is 3.07. The first kappa shape index (κ1) is 14.1. The van der Waals surface area contributed by atoms with Gasteiger partial charge in [0.2, 0.25) is 5.89 Å². The van der Waals surface area contributed by atoms with Crippen LogP contribution in [0.25, 0.3) is 0 Å². The van der Waals surface area contributed by atoms with Gasteiger partial charge in [-0.2, -0.15) is 18.2 Å². The van der Waals surface area contributed by atoms with Crippen LogP contribution in [-0.2, 0) is 12.0 Å². The first-order valence-corrected chi connectivity index (χ1v) is 6.66. The molecule has 21 heavy (non-hydrogen) atoms. The highest BCUT2D eigenvalue weighted by Crippen LogP contribution is 2.52. The van der Waals surface area contributed by atoms with Crippen LogP contribution in [-0.4, -0.2) is 22.9 Å². The Labute approximate surface area is 119 Å². The number of halogens is 3. The molecule has 1 N–H and O–H groups in total. The van der Waals surface area contributed by atoms with Crippen molar-refractivity contribution in [1.29, 1.82) is 0 Å². The molecule has 4 nitrogen and oxygen atoms in total. The Balaban J connectivity index is 1.68. The van der Waals surface area contributed by atoms with Crippen LogP contribution in [0.3, 0.4) is 0 Å². The second kappa shape index (κ2) is 5.14. The van der Waals surface area contributed by atoms with Crippen LogP contribution < -0.4 is 5.32 Å². The average Bonchev–Trinajstić information content (AvgIpc) is 3.12. The first-order chi connectivity index (χ1) is 10.00. The van der Waals surface area contributed by atoms with Gasteiger partial charge in [-0.1, -0.05) is 35.5 Å². The van der Waals surface area contributed by atoms with Crippen LogP contribution in [0.4, 0.5) is 13.2 Å². The standard InChI is InChI=1S/C14H14F3N3O/c15-14(16,17)9-18-8-11-19-12(20-21-11)13(6-7-13)10-4-2-1-3-5-10/h1-5,18H,6-9H2. The number of rotatable bonds is 5. The third-order valence-electron chi connectivity index (χ3n) is 3.57. The van der Waals surface area contributed by atoms with Gasteiger partial charge in [0.1, 0.15) is 0 Å². The third-order valence-corrected chi connectivity index (χ3v) is 3.57. The molecular formula is C14H14F3N3O. The van der Waals surface area contributed by atoms with E-state index in [1.165, 1.54) is 0 Å². The monoisotopic (exact) mass is 297 g/mol. The molecule has 2 aromatic rings. The van der Waals surface area contributed by atoms with Gasteiger partial charge in [0.05, 0.1) is 18.5 Å². The second-order valence-corrected chi connectivity index (χ2v) is 5.18. The summed E-state index contributed by atoms with van der Waals surface area (Å²) in [6.07, 6.45) is -2.40. The van der Waals surface area contributed by atoms with Gasteiger partial charge in [0, 0.05) is 0 Å². The topological polar surface area (TPSA) is 51.0 Å². The molecule has 1 aliphatic carbocycles. The predicted octanol–water partition coefficient (Wildman–Crippen LogP) is 2.80. The maximum Gasteiger partial charge on any atom is 0.401 e. The smallest absolute Gasteiger partial charge is 0.338 e. The number of alkyl halides is 3. The first-order valence-electron chi connectivity index (χ1n) is 6.66. The lowest BCUT2D eigenvalue weighted by Crippen LogP contribution is -2.28. The van der Waals surface area contributed by atoms with Crippen LogP contribution >= 0.6 is 0 Å². The summed E-state index contributed by atoms with van der Waals surface area (Å²) in [5, 5.41) is 6.18. The van der Waals surface area contributed by atoms with E-state index in [0.717, 1.165) is 18.4 Å². The van der Waals surface area contributed by atoms with Gasteiger partial charge in [-0.15, -0.1) is 0 Å². The summed E-state index contributed by atoms with van der Waals surface area (Å²) in [5.74, 6) is 0.731. The van der Waals surface area contributed by atoms with Crippen molar-refractivity contribution < 1.29 is 17.7 Å². The van der Waals surface area contributed by atoms with Gasteiger partial charge in [-0.05, 0) is 18.4 Å². The predicted molar refractivity (Wildman–Crippen MR) is 68.5 cm³/mol. The molecule has 0 spiro atoms. The van der Waals surface area contributed by atoms with Gasteiger partial charge in [-0.25, -0.2) is 0 Å². The highest BCUT2D eigenvalue weighted by Gasteiger charge is 2.49. The van der Waals surface area contributed by atoms with E-state index in [2.05, 4.69) is 15.5 Å². The highest BCUT2D eigenvalue weighted by molar-refractivity contribution is 5.38. The molecule has 0 unspecified atom stereocenters. The molecule has 0 amide bonds.